The lowest BCUT2D eigenvalue weighted by molar-refractivity contribution is 0.415. The molecule has 2 aromatic heterocycles. The van der Waals surface area contributed by atoms with Crippen molar-refractivity contribution in [3.05, 3.63) is 83.4 Å². The van der Waals surface area contributed by atoms with Crippen LogP contribution in [0.3, 0.4) is 0 Å². The Morgan fingerprint density at radius 2 is 1.83 bits per heavy atom. The van der Waals surface area contributed by atoms with Crippen molar-refractivity contribution in [1.29, 1.82) is 0 Å². The summed E-state index contributed by atoms with van der Waals surface area (Å²) in [5.74, 6) is 1.45. The first kappa shape index (κ1) is 17.5. The molecule has 0 aliphatic carbocycles. The smallest absolute Gasteiger partial charge is 0.230 e. The first-order chi connectivity index (χ1) is 14.2. The van der Waals surface area contributed by atoms with E-state index in [0.717, 1.165) is 33.4 Å². The van der Waals surface area contributed by atoms with Gasteiger partial charge < -0.3 is 14.1 Å². The van der Waals surface area contributed by atoms with Crippen molar-refractivity contribution in [2.24, 2.45) is 4.99 Å². The molecule has 0 atom stereocenters. The Labute approximate surface area is 171 Å². The van der Waals surface area contributed by atoms with Crippen LogP contribution in [0.25, 0.3) is 33.4 Å². The zero-order chi connectivity index (χ0) is 19.8. The summed E-state index contributed by atoms with van der Waals surface area (Å²) in [6.45, 7) is 0. The molecule has 5 aromatic rings. The zero-order valence-corrected chi connectivity index (χ0v) is 16.3. The SMILES string of the molecule is COc1ccc(N=c2oc3ccc(Cl)cc3cc2-c2nc3ccccc3[nH]2)cc1. The number of para-hydroxylation sites is 2. The number of aromatic nitrogens is 2. The number of hydrogen-bond donors (Lipinski definition) is 1. The number of benzene rings is 3. The summed E-state index contributed by atoms with van der Waals surface area (Å²) in [6, 6.07) is 22.9. The normalized spacial score (nSPS) is 12.0. The molecule has 0 amide bonds. The van der Waals surface area contributed by atoms with Crippen molar-refractivity contribution in [2.45, 2.75) is 0 Å². The van der Waals surface area contributed by atoms with Crippen LogP contribution >= 0.6 is 11.6 Å². The maximum atomic E-state index is 6.18. The Balaban J connectivity index is 1.77. The largest absolute Gasteiger partial charge is 0.497 e. The summed E-state index contributed by atoms with van der Waals surface area (Å²) in [7, 11) is 1.63. The zero-order valence-electron chi connectivity index (χ0n) is 15.5. The van der Waals surface area contributed by atoms with E-state index in [4.69, 9.17) is 30.7 Å². The Hall–Kier alpha value is -3.57. The molecule has 1 N–H and O–H groups in total. The average Bonchev–Trinajstić information content (AvgIpc) is 3.18. The third-order valence-corrected chi connectivity index (χ3v) is 4.89. The lowest BCUT2D eigenvalue weighted by atomic mass is 10.2. The topological polar surface area (TPSA) is 63.4 Å². The van der Waals surface area contributed by atoms with E-state index in [2.05, 4.69) is 4.98 Å². The molecule has 0 bridgehead atoms. The molecule has 6 heteroatoms. The fourth-order valence-electron chi connectivity index (χ4n) is 3.21. The molecule has 0 fully saturated rings. The van der Waals surface area contributed by atoms with Crippen LogP contribution in [-0.2, 0) is 0 Å². The summed E-state index contributed by atoms with van der Waals surface area (Å²) in [4.78, 5) is 12.8. The van der Waals surface area contributed by atoms with E-state index < -0.39 is 0 Å². The predicted molar refractivity (Wildman–Crippen MR) is 115 cm³/mol. The van der Waals surface area contributed by atoms with Crippen molar-refractivity contribution in [3.63, 3.8) is 0 Å². The van der Waals surface area contributed by atoms with Crippen LogP contribution in [0.2, 0.25) is 5.02 Å². The molecule has 0 unspecified atom stereocenters. The molecule has 0 aliphatic heterocycles. The number of nitrogens with zero attached hydrogens (tertiary/aromatic N) is 2. The highest BCUT2D eigenvalue weighted by Crippen LogP contribution is 2.25. The molecular formula is C23H16ClN3O2. The number of hydrogen-bond acceptors (Lipinski definition) is 4. The molecule has 5 rings (SSSR count). The van der Waals surface area contributed by atoms with Gasteiger partial charge in [-0.15, -0.1) is 0 Å². The van der Waals surface area contributed by atoms with E-state index in [1.807, 2.05) is 66.7 Å². The minimum atomic E-state index is 0.462. The second-order valence-electron chi connectivity index (χ2n) is 6.56. The number of H-pyrrole nitrogens is 1. The third-order valence-electron chi connectivity index (χ3n) is 4.66. The maximum absolute atomic E-state index is 6.18. The Bertz CT molecular complexity index is 1370. The van der Waals surface area contributed by atoms with Gasteiger partial charge in [0.2, 0.25) is 5.55 Å². The van der Waals surface area contributed by atoms with Gasteiger partial charge in [-0.3, -0.25) is 0 Å². The van der Waals surface area contributed by atoms with Crippen LogP contribution in [0.15, 0.2) is 82.2 Å². The minimum Gasteiger partial charge on any atom is -0.497 e. The lowest BCUT2D eigenvalue weighted by Gasteiger charge is -2.04. The first-order valence-corrected chi connectivity index (χ1v) is 9.45. The second kappa shape index (κ2) is 7.11. The number of ether oxygens (including phenoxy) is 1. The van der Waals surface area contributed by atoms with Gasteiger partial charge in [0.25, 0.3) is 0 Å². The maximum Gasteiger partial charge on any atom is 0.230 e. The van der Waals surface area contributed by atoms with Gasteiger partial charge in [0.15, 0.2) is 0 Å². The van der Waals surface area contributed by atoms with Crippen LogP contribution in [0.5, 0.6) is 5.75 Å². The van der Waals surface area contributed by atoms with Gasteiger partial charge in [0, 0.05) is 10.4 Å². The van der Waals surface area contributed by atoms with Crippen molar-refractivity contribution in [1.82, 2.24) is 9.97 Å². The first-order valence-electron chi connectivity index (χ1n) is 9.07. The molecule has 3 aromatic carbocycles. The van der Waals surface area contributed by atoms with Crippen LogP contribution in [0, 0.1) is 0 Å². The number of nitrogens with one attached hydrogen (secondary N) is 1. The number of imidazole rings is 1. The summed E-state index contributed by atoms with van der Waals surface area (Å²) in [5, 5.41) is 1.52. The number of rotatable bonds is 3. The predicted octanol–water partition coefficient (Wildman–Crippen LogP) is 5.87. The summed E-state index contributed by atoms with van der Waals surface area (Å²) < 4.78 is 11.4. The minimum absolute atomic E-state index is 0.462. The Morgan fingerprint density at radius 3 is 2.62 bits per heavy atom. The summed E-state index contributed by atoms with van der Waals surface area (Å²) in [6.07, 6.45) is 0. The molecule has 5 nitrogen and oxygen atoms in total. The summed E-state index contributed by atoms with van der Waals surface area (Å²) >= 11 is 6.18. The number of fused-ring (bicyclic) bond motifs is 2. The fraction of sp³-hybridized carbons (Fsp3) is 0.0435. The van der Waals surface area contributed by atoms with Gasteiger partial charge in [-0.2, -0.15) is 0 Å². The highest BCUT2D eigenvalue weighted by Gasteiger charge is 2.12. The molecular weight excluding hydrogens is 386 g/mol. The van der Waals surface area contributed by atoms with Gasteiger partial charge in [-0.05, 0) is 60.7 Å². The van der Waals surface area contributed by atoms with Crippen molar-refractivity contribution in [2.75, 3.05) is 7.11 Å². The molecule has 142 valence electrons. The van der Waals surface area contributed by atoms with Gasteiger partial charge in [0.05, 0.1) is 29.4 Å². The third kappa shape index (κ3) is 3.37. The highest BCUT2D eigenvalue weighted by atomic mass is 35.5. The van der Waals surface area contributed by atoms with Crippen molar-refractivity contribution >= 4 is 39.3 Å². The lowest BCUT2D eigenvalue weighted by Crippen LogP contribution is -2.06. The van der Waals surface area contributed by atoms with E-state index in [9.17, 15) is 0 Å². The van der Waals surface area contributed by atoms with Crippen LogP contribution in [0.4, 0.5) is 5.69 Å². The van der Waals surface area contributed by atoms with E-state index in [0.29, 0.717) is 22.0 Å². The molecule has 0 aliphatic rings. The molecule has 0 radical (unpaired) electrons. The van der Waals surface area contributed by atoms with Gasteiger partial charge in [0.1, 0.15) is 17.2 Å². The number of halogens is 1. The van der Waals surface area contributed by atoms with Crippen molar-refractivity contribution < 1.29 is 9.15 Å². The summed E-state index contributed by atoms with van der Waals surface area (Å²) in [5.41, 5.74) is 4.49. The van der Waals surface area contributed by atoms with Crippen LogP contribution in [-0.4, -0.2) is 17.1 Å². The van der Waals surface area contributed by atoms with E-state index in [-0.39, 0.29) is 0 Å². The van der Waals surface area contributed by atoms with Gasteiger partial charge in [-0.1, -0.05) is 23.7 Å². The Morgan fingerprint density at radius 1 is 1.00 bits per heavy atom. The molecule has 0 saturated heterocycles. The van der Waals surface area contributed by atoms with E-state index >= 15 is 0 Å². The quantitative estimate of drug-likeness (QED) is 0.411. The van der Waals surface area contributed by atoms with E-state index in [1.165, 1.54) is 0 Å². The van der Waals surface area contributed by atoms with E-state index in [1.54, 1.807) is 13.2 Å². The fourth-order valence-corrected chi connectivity index (χ4v) is 3.39. The highest BCUT2D eigenvalue weighted by molar-refractivity contribution is 6.31. The Kier molecular flexibility index (Phi) is 4.30. The molecule has 0 spiro atoms. The van der Waals surface area contributed by atoms with Crippen LogP contribution < -0.4 is 10.3 Å². The number of methoxy groups -OCH3 is 1. The van der Waals surface area contributed by atoms with Crippen molar-refractivity contribution in [3.8, 4) is 17.1 Å². The monoisotopic (exact) mass is 401 g/mol. The standard InChI is InChI=1S/C23H16ClN3O2/c1-28-17-9-7-16(8-10-17)25-23-18(13-14-12-15(24)6-11-21(14)29-23)22-26-19-4-2-3-5-20(19)27-22/h2-13H,1H3,(H,26,27). The van der Waals surface area contributed by atoms with Gasteiger partial charge >= 0.3 is 0 Å². The molecule has 29 heavy (non-hydrogen) atoms. The number of aromatic amines is 1. The molecule has 0 saturated carbocycles. The van der Waals surface area contributed by atoms with Crippen LogP contribution in [0.1, 0.15) is 0 Å². The molecule has 2 heterocycles. The van der Waals surface area contributed by atoms with Gasteiger partial charge in [-0.25, -0.2) is 9.98 Å². The average molecular weight is 402 g/mol. The second-order valence-corrected chi connectivity index (χ2v) is 7.00.